The summed E-state index contributed by atoms with van der Waals surface area (Å²) in [5.41, 5.74) is -1.90. The largest absolute Gasteiger partial charge is 0.433 e. The van der Waals surface area contributed by atoms with Gasteiger partial charge in [-0.1, -0.05) is 11.8 Å². The predicted molar refractivity (Wildman–Crippen MR) is 92.0 cm³/mol. The average molecular weight is 438 g/mol. The van der Waals surface area contributed by atoms with E-state index in [1.54, 1.807) is 6.92 Å². The summed E-state index contributed by atoms with van der Waals surface area (Å²) in [5.74, 6) is -0.630. The van der Waals surface area contributed by atoms with Crippen LogP contribution in [-0.2, 0) is 17.5 Å². The molecule has 29 heavy (non-hydrogen) atoms. The molecule has 0 N–H and O–H groups in total. The molecule has 1 aromatic heterocycles. The van der Waals surface area contributed by atoms with Gasteiger partial charge in [0.2, 0.25) is 0 Å². The Labute approximate surface area is 166 Å². The molecule has 2 aliphatic heterocycles. The fourth-order valence-electron chi connectivity index (χ4n) is 3.37. The van der Waals surface area contributed by atoms with Crippen LogP contribution in [0.15, 0.2) is 28.9 Å². The summed E-state index contributed by atoms with van der Waals surface area (Å²) in [4.78, 5) is 15.1. The van der Waals surface area contributed by atoms with E-state index in [-0.39, 0.29) is 17.3 Å². The Morgan fingerprint density at radius 3 is 2.48 bits per heavy atom. The van der Waals surface area contributed by atoms with Gasteiger partial charge in [0.25, 0.3) is 5.91 Å². The zero-order valence-corrected chi connectivity index (χ0v) is 15.9. The topological polar surface area (TPSA) is 41.4 Å². The molecule has 1 fully saturated rings. The number of carbonyl (C=O) groups excluding carboxylic acids is 1. The zero-order valence-electron chi connectivity index (χ0n) is 15.1. The summed E-state index contributed by atoms with van der Waals surface area (Å²) < 4.78 is 80.6. The summed E-state index contributed by atoms with van der Waals surface area (Å²) in [7, 11) is 0. The molecule has 3 aliphatic rings. The highest BCUT2D eigenvalue weighted by atomic mass is 32.2. The summed E-state index contributed by atoms with van der Waals surface area (Å²) in [6.07, 6.45) is -5.45. The van der Waals surface area contributed by atoms with Gasteiger partial charge >= 0.3 is 12.4 Å². The number of fused-ring (bicyclic) bond motifs is 1. The van der Waals surface area contributed by atoms with Crippen molar-refractivity contribution in [1.82, 2.24) is 19.6 Å². The number of halogens is 6. The maximum Gasteiger partial charge on any atom is 0.433 e. The van der Waals surface area contributed by atoms with Crippen molar-refractivity contribution in [3.63, 3.8) is 0 Å². The van der Waals surface area contributed by atoms with Crippen LogP contribution < -0.4 is 0 Å². The first-order valence-corrected chi connectivity index (χ1v) is 9.66. The SMILES string of the molecule is CC1=CN2C(=O)C=C(Cn3nc(C4CC4)cc3C(F)(F)F)N(CC(F)(F)F)C2S1. The molecule has 0 bridgehead atoms. The average Bonchev–Trinajstić information content (AvgIpc) is 3.20. The lowest BCUT2D eigenvalue weighted by Gasteiger charge is -2.40. The number of amides is 1. The first kappa shape index (κ1) is 20.2. The molecule has 12 heteroatoms. The first-order valence-electron chi connectivity index (χ1n) is 8.78. The van der Waals surface area contributed by atoms with Crippen LogP contribution in [0.4, 0.5) is 26.3 Å². The lowest BCUT2D eigenvalue weighted by Crippen LogP contribution is -2.51. The Morgan fingerprint density at radius 2 is 1.90 bits per heavy atom. The molecule has 0 spiro atoms. The molecule has 1 saturated carbocycles. The van der Waals surface area contributed by atoms with Crippen LogP contribution in [0.25, 0.3) is 0 Å². The third-order valence-corrected chi connectivity index (χ3v) is 5.95. The van der Waals surface area contributed by atoms with Crippen molar-refractivity contribution in [2.75, 3.05) is 6.54 Å². The van der Waals surface area contributed by atoms with Crippen LogP contribution in [0.3, 0.4) is 0 Å². The molecule has 5 nitrogen and oxygen atoms in total. The fourth-order valence-corrected chi connectivity index (χ4v) is 4.49. The third kappa shape index (κ3) is 4.12. The van der Waals surface area contributed by atoms with Gasteiger partial charge in [-0.25, -0.2) is 0 Å². The Balaban J connectivity index is 1.69. The number of rotatable bonds is 4. The molecule has 4 rings (SSSR count). The highest BCUT2D eigenvalue weighted by molar-refractivity contribution is 8.03. The van der Waals surface area contributed by atoms with Crippen LogP contribution in [0.5, 0.6) is 0 Å². The Kier molecular flexibility index (Phi) is 4.67. The van der Waals surface area contributed by atoms with Gasteiger partial charge in [0, 0.05) is 28.8 Å². The van der Waals surface area contributed by atoms with Crippen molar-refractivity contribution in [2.45, 2.75) is 50.1 Å². The van der Waals surface area contributed by atoms with E-state index in [2.05, 4.69) is 5.10 Å². The molecular formula is C17H16F6N4OS. The number of nitrogens with zero attached hydrogens (tertiary/aromatic N) is 4. The van der Waals surface area contributed by atoms with E-state index in [0.717, 1.165) is 46.5 Å². The first-order chi connectivity index (χ1) is 13.4. The van der Waals surface area contributed by atoms with Gasteiger partial charge in [-0.15, -0.1) is 0 Å². The number of thioether (sulfide) groups is 1. The van der Waals surface area contributed by atoms with Gasteiger partial charge < -0.3 is 4.90 Å². The molecule has 1 unspecified atom stereocenters. The van der Waals surface area contributed by atoms with Crippen LogP contribution in [0, 0.1) is 0 Å². The number of carbonyl (C=O) groups is 1. The summed E-state index contributed by atoms with van der Waals surface area (Å²) in [6.45, 7) is -0.314. The molecule has 158 valence electrons. The number of alkyl halides is 6. The maximum absolute atomic E-state index is 13.4. The summed E-state index contributed by atoms with van der Waals surface area (Å²) >= 11 is 1.05. The van der Waals surface area contributed by atoms with Crippen molar-refractivity contribution in [3.8, 4) is 0 Å². The minimum atomic E-state index is -4.71. The molecule has 1 aromatic rings. The lowest BCUT2D eigenvalue weighted by molar-refractivity contribution is -0.153. The third-order valence-electron chi connectivity index (χ3n) is 4.78. The number of hydrogen-bond donors (Lipinski definition) is 0. The monoisotopic (exact) mass is 438 g/mol. The Bertz CT molecular complexity index is 899. The number of allylic oxidation sites excluding steroid dienone is 2. The highest BCUT2D eigenvalue weighted by Gasteiger charge is 2.44. The maximum atomic E-state index is 13.4. The normalized spacial score (nSPS) is 22.7. The second-order valence-corrected chi connectivity index (χ2v) is 8.49. The molecule has 1 atom stereocenters. The van der Waals surface area contributed by atoms with Gasteiger partial charge in [0.1, 0.15) is 12.2 Å². The summed E-state index contributed by atoms with van der Waals surface area (Å²) in [5, 5.41) is 3.99. The van der Waals surface area contributed by atoms with E-state index in [4.69, 9.17) is 0 Å². The van der Waals surface area contributed by atoms with E-state index < -0.39 is 42.5 Å². The van der Waals surface area contributed by atoms with Crippen LogP contribution in [-0.4, -0.2) is 43.7 Å². The predicted octanol–water partition coefficient (Wildman–Crippen LogP) is 4.26. The number of aromatic nitrogens is 2. The van der Waals surface area contributed by atoms with Crippen LogP contribution in [0.1, 0.15) is 37.1 Å². The molecule has 0 radical (unpaired) electrons. The molecule has 0 aromatic carbocycles. The van der Waals surface area contributed by atoms with Gasteiger partial charge in [-0.05, 0) is 25.8 Å². The van der Waals surface area contributed by atoms with Gasteiger partial charge in [-0.2, -0.15) is 31.4 Å². The van der Waals surface area contributed by atoms with Crippen molar-refractivity contribution in [1.29, 1.82) is 0 Å². The smallest absolute Gasteiger partial charge is 0.334 e. The lowest BCUT2D eigenvalue weighted by atomic mass is 10.2. The minimum absolute atomic E-state index is 0.0571. The van der Waals surface area contributed by atoms with E-state index in [9.17, 15) is 31.1 Å². The molecule has 3 heterocycles. The van der Waals surface area contributed by atoms with Crippen molar-refractivity contribution >= 4 is 17.7 Å². The van der Waals surface area contributed by atoms with Crippen LogP contribution in [0.2, 0.25) is 0 Å². The minimum Gasteiger partial charge on any atom is -0.334 e. The quantitative estimate of drug-likeness (QED) is 0.659. The Hall–Kier alpha value is -2.11. The molecular weight excluding hydrogens is 422 g/mol. The number of hydrogen-bond acceptors (Lipinski definition) is 4. The second kappa shape index (κ2) is 6.71. The Morgan fingerprint density at radius 1 is 1.21 bits per heavy atom. The van der Waals surface area contributed by atoms with E-state index in [1.165, 1.54) is 6.20 Å². The molecule has 1 aliphatic carbocycles. The van der Waals surface area contributed by atoms with E-state index >= 15 is 0 Å². The highest BCUT2D eigenvalue weighted by Crippen LogP contribution is 2.43. The van der Waals surface area contributed by atoms with E-state index in [0.29, 0.717) is 9.59 Å². The standard InChI is InChI=1S/C17H16F6N4OS/c1-9-6-25-14(28)4-11(26(15(25)29-9)8-16(18,19)20)7-27-13(17(21,22)23)5-12(24-27)10-2-3-10/h4-6,10,15H,2-3,7-8H2,1H3. The zero-order chi connectivity index (χ0) is 21.1. The van der Waals surface area contributed by atoms with Crippen molar-refractivity contribution in [3.05, 3.63) is 40.3 Å². The van der Waals surface area contributed by atoms with Gasteiger partial charge in [0.15, 0.2) is 5.50 Å². The van der Waals surface area contributed by atoms with Crippen molar-refractivity contribution < 1.29 is 31.1 Å². The second-order valence-electron chi connectivity index (χ2n) is 7.19. The van der Waals surface area contributed by atoms with Gasteiger partial charge in [-0.3, -0.25) is 14.4 Å². The van der Waals surface area contributed by atoms with Crippen molar-refractivity contribution in [2.24, 2.45) is 0 Å². The molecule has 0 saturated heterocycles. The van der Waals surface area contributed by atoms with Crippen LogP contribution >= 0.6 is 11.8 Å². The molecule has 1 amide bonds. The van der Waals surface area contributed by atoms with E-state index in [1.807, 2.05) is 0 Å². The summed E-state index contributed by atoms with van der Waals surface area (Å²) in [6, 6.07) is 0.944. The fraction of sp³-hybridized carbons (Fsp3) is 0.529. The van der Waals surface area contributed by atoms with Gasteiger partial charge in [0.05, 0.1) is 12.2 Å².